The summed E-state index contributed by atoms with van der Waals surface area (Å²) in [6.07, 6.45) is 4.87. The Morgan fingerprint density at radius 3 is 2.32 bits per heavy atom. The lowest BCUT2D eigenvalue weighted by Crippen LogP contribution is -2.08. The number of halogens is 1. The van der Waals surface area contributed by atoms with Gasteiger partial charge in [-0.05, 0) is 29.5 Å². The first kappa shape index (κ1) is 16.2. The van der Waals surface area contributed by atoms with Gasteiger partial charge < -0.3 is 0 Å². The Bertz CT molecular complexity index is 381. The third-order valence-electron chi connectivity index (χ3n) is 3.37. The molecule has 0 aromatic heterocycles. The van der Waals surface area contributed by atoms with E-state index in [4.69, 9.17) is 11.6 Å². The Hall–Kier alpha value is -0.820. The van der Waals surface area contributed by atoms with Gasteiger partial charge in [-0.15, -0.1) is 0 Å². The molecule has 0 saturated heterocycles. The summed E-state index contributed by atoms with van der Waals surface area (Å²) in [5.41, 5.74) is 1.06. The molecule has 1 nitrogen and oxygen atoms in total. The maximum Gasteiger partial charge on any atom is 0.137 e. The molecule has 0 N–H and O–H groups in total. The van der Waals surface area contributed by atoms with Crippen molar-refractivity contribution < 1.29 is 4.79 Å². The fourth-order valence-electron chi connectivity index (χ4n) is 2.27. The third-order valence-corrected chi connectivity index (χ3v) is 3.62. The van der Waals surface area contributed by atoms with E-state index in [9.17, 15) is 4.79 Å². The molecule has 106 valence electrons. The molecule has 1 unspecified atom stereocenters. The Morgan fingerprint density at radius 2 is 1.74 bits per heavy atom. The van der Waals surface area contributed by atoms with Crippen molar-refractivity contribution in [2.75, 3.05) is 0 Å². The smallest absolute Gasteiger partial charge is 0.137 e. The highest BCUT2D eigenvalue weighted by molar-refractivity contribution is 6.30. The summed E-state index contributed by atoms with van der Waals surface area (Å²) in [5, 5.41) is 0.721. The van der Waals surface area contributed by atoms with Gasteiger partial charge in [0.2, 0.25) is 0 Å². The summed E-state index contributed by atoms with van der Waals surface area (Å²) >= 11 is 5.83. The highest BCUT2D eigenvalue weighted by Crippen LogP contribution is 2.17. The molecule has 0 heterocycles. The molecule has 1 aromatic carbocycles. The van der Waals surface area contributed by atoms with Crippen LogP contribution in [0.2, 0.25) is 5.02 Å². The Morgan fingerprint density at radius 1 is 1.11 bits per heavy atom. The average molecular weight is 281 g/mol. The van der Waals surface area contributed by atoms with Gasteiger partial charge in [0.15, 0.2) is 0 Å². The van der Waals surface area contributed by atoms with Gasteiger partial charge in [-0.25, -0.2) is 0 Å². The van der Waals surface area contributed by atoms with Crippen molar-refractivity contribution in [2.24, 2.45) is 11.8 Å². The summed E-state index contributed by atoms with van der Waals surface area (Å²) in [7, 11) is 0. The molecule has 0 aliphatic rings. The van der Waals surface area contributed by atoms with Crippen LogP contribution >= 0.6 is 11.6 Å². The van der Waals surface area contributed by atoms with E-state index < -0.39 is 0 Å². The van der Waals surface area contributed by atoms with E-state index >= 15 is 0 Å². The molecule has 0 aliphatic heterocycles. The van der Waals surface area contributed by atoms with Crippen LogP contribution in [0.25, 0.3) is 0 Å². The number of carbonyl (C=O) groups excluding carboxylic acids is 1. The number of rotatable bonds is 8. The van der Waals surface area contributed by atoms with Gasteiger partial charge in [-0.1, -0.05) is 63.8 Å². The van der Waals surface area contributed by atoms with E-state index in [2.05, 4.69) is 20.8 Å². The number of hydrogen-bond donors (Lipinski definition) is 0. The van der Waals surface area contributed by atoms with E-state index in [-0.39, 0.29) is 0 Å². The van der Waals surface area contributed by atoms with E-state index in [1.54, 1.807) is 0 Å². The molecule has 1 atom stereocenters. The van der Waals surface area contributed by atoms with Gasteiger partial charge in [0.1, 0.15) is 5.78 Å². The second-order valence-corrected chi connectivity index (χ2v) is 6.41. The van der Waals surface area contributed by atoms with Crippen LogP contribution in [0.5, 0.6) is 0 Å². The maximum absolute atomic E-state index is 12.0. The zero-order chi connectivity index (χ0) is 14.3. The van der Waals surface area contributed by atoms with Crippen molar-refractivity contribution in [3.05, 3.63) is 34.9 Å². The molecule has 0 spiro atoms. The third kappa shape index (κ3) is 7.37. The van der Waals surface area contributed by atoms with Crippen LogP contribution in [0, 0.1) is 11.8 Å². The second-order valence-electron chi connectivity index (χ2n) is 5.98. The predicted octanol–water partition coefficient (Wildman–Crippen LogP) is 5.30. The zero-order valence-corrected chi connectivity index (χ0v) is 13.0. The quantitative estimate of drug-likeness (QED) is 0.631. The number of hydrogen-bond acceptors (Lipinski definition) is 1. The first-order valence-corrected chi connectivity index (χ1v) is 7.61. The van der Waals surface area contributed by atoms with Crippen molar-refractivity contribution in [2.45, 2.75) is 52.9 Å². The molecule has 2 heteroatoms. The largest absolute Gasteiger partial charge is 0.299 e. The van der Waals surface area contributed by atoms with Crippen LogP contribution in [0.15, 0.2) is 24.3 Å². The molecule has 0 fully saturated rings. The number of benzene rings is 1. The van der Waals surface area contributed by atoms with Crippen molar-refractivity contribution in [3.63, 3.8) is 0 Å². The average Bonchev–Trinajstić information content (AvgIpc) is 2.31. The second kappa shape index (κ2) is 8.37. The molecular weight excluding hydrogens is 256 g/mol. The predicted molar refractivity (Wildman–Crippen MR) is 82.6 cm³/mol. The lowest BCUT2D eigenvalue weighted by molar-refractivity contribution is -0.119. The number of ketones is 1. The summed E-state index contributed by atoms with van der Waals surface area (Å²) < 4.78 is 0. The van der Waals surface area contributed by atoms with Crippen LogP contribution in [-0.2, 0) is 11.2 Å². The van der Waals surface area contributed by atoms with Crippen molar-refractivity contribution in [1.82, 2.24) is 0 Å². The molecular formula is C17H25ClO. The molecule has 0 bridgehead atoms. The highest BCUT2D eigenvalue weighted by Gasteiger charge is 2.10. The molecule has 19 heavy (non-hydrogen) atoms. The highest BCUT2D eigenvalue weighted by atomic mass is 35.5. The van der Waals surface area contributed by atoms with Gasteiger partial charge >= 0.3 is 0 Å². The minimum atomic E-state index is 0.333. The summed E-state index contributed by atoms with van der Waals surface area (Å²) in [6, 6.07) is 7.56. The Labute approximate surface area is 122 Å². The van der Waals surface area contributed by atoms with E-state index in [1.807, 2.05) is 24.3 Å². The SMILES string of the molecule is CC(C)CCCC(C)CC(=O)Cc1ccc(Cl)cc1. The Kier molecular flexibility index (Phi) is 7.15. The van der Waals surface area contributed by atoms with Gasteiger partial charge in [0.25, 0.3) is 0 Å². The van der Waals surface area contributed by atoms with E-state index in [1.165, 1.54) is 12.8 Å². The van der Waals surface area contributed by atoms with Crippen LogP contribution in [0.3, 0.4) is 0 Å². The van der Waals surface area contributed by atoms with Gasteiger partial charge in [-0.3, -0.25) is 4.79 Å². The minimum absolute atomic E-state index is 0.333. The molecule has 0 aliphatic carbocycles. The van der Waals surface area contributed by atoms with E-state index in [0.717, 1.165) is 22.9 Å². The molecule has 0 saturated carbocycles. The van der Waals surface area contributed by atoms with Crippen LogP contribution in [0.4, 0.5) is 0 Å². The first-order chi connectivity index (χ1) is 8.97. The molecule has 1 rings (SSSR count). The molecule has 0 radical (unpaired) electrons. The van der Waals surface area contributed by atoms with Crippen molar-refractivity contribution in [3.8, 4) is 0 Å². The van der Waals surface area contributed by atoms with Gasteiger partial charge in [0.05, 0.1) is 0 Å². The van der Waals surface area contributed by atoms with Crippen LogP contribution in [0.1, 0.15) is 52.0 Å². The zero-order valence-electron chi connectivity index (χ0n) is 12.3. The topological polar surface area (TPSA) is 17.1 Å². The summed E-state index contributed by atoms with van der Waals surface area (Å²) in [6.45, 7) is 6.67. The minimum Gasteiger partial charge on any atom is -0.299 e. The monoisotopic (exact) mass is 280 g/mol. The summed E-state index contributed by atoms with van der Waals surface area (Å²) in [5.74, 6) is 1.59. The Balaban J connectivity index is 2.28. The number of carbonyl (C=O) groups is 1. The van der Waals surface area contributed by atoms with Crippen molar-refractivity contribution in [1.29, 1.82) is 0 Å². The lowest BCUT2D eigenvalue weighted by atomic mass is 9.94. The fourth-order valence-corrected chi connectivity index (χ4v) is 2.39. The van der Waals surface area contributed by atoms with Crippen LogP contribution in [-0.4, -0.2) is 5.78 Å². The molecule has 0 amide bonds. The lowest BCUT2D eigenvalue weighted by Gasteiger charge is -2.11. The van der Waals surface area contributed by atoms with Gasteiger partial charge in [-0.2, -0.15) is 0 Å². The van der Waals surface area contributed by atoms with Gasteiger partial charge in [0, 0.05) is 17.9 Å². The van der Waals surface area contributed by atoms with Crippen molar-refractivity contribution >= 4 is 17.4 Å². The standard InChI is InChI=1S/C17H25ClO/c1-13(2)5-4-6-14(3)11-17(19)12-15-7-9-16(18)10-8-15/h7-10,13-14H,4-6,11-12H2,1-3H3. The maximum atomic E-state index is 12.0. The summed E-state index contributed by atoms with van der Waals surface area (Å²) in [4.78, 5) is 12.0. The number of Topliss-reactive ketones (excluding diaryl/α,β-unsaturated/α-hetero) is 1. The normalized spacial score (nSPS) is 12.7. The van der Waals surface area contributed by atoms with Crippen LogP contribution < -0.4 is 0 Å². The fraction of sp³-hybridized carbons (Fsp3) is 0.588. The van der Waals surface area contributed by atoms with E-state index in [0.29, 0.717) is 24.5 Å². The molecule has 1 aromatic rings. The first-order valence-electron chi connectivity index (χ1n) is 7.23.